The van der Waals surface area contributed by atoms with Crippen LogP contribution in [0.1, 0.15) is 18.4 Å². The number of aliphatic hydroxyl groups excluding tert-OH is 1. The highest BCUT2D eigenvalue weighted by molar-refractivity contribution is 8.04. The molecule has 0 heterocycles. The van der Waals surface area contributed by atoms with Gasteiger partial charge in [-0.2, -0.15) is 0 Å². The molecular formula is C16H26N2O3S. The first-order valence-electron chi connectivity index (χ1n) is 7.26. The summed E-state index contributed by atoms with van der Waals surface area (Å²) in [6.07, 6.45) is 3.94. The van der Waals surface area contributed by atoms with Crippen LogP contribution < -0.4 is 10.6 Å². The number of benzene rings is 1. The van der Waals surface area contributed by atoms with E-state index in [0.29, 0.717) is 19.4 Å². The zero-order chi connectivity index (χ0) is 16.6. The summed E-state index contributed by atoms with van der Waals surface area (Å²) in [6, 6.07) is 9.28. The van der Waals surface area contributed by atoms with Gasteiger partial charge in [-0.1, -0.05) is 40.3 Å². The van der Waals surface area contributed by atoms with Gasteiger partial charge in [0, 0.05) is 18.4 Å². The fraction of sp³-hybridized carbons (Fsp3) is 0.438. The molecule has 0 fully saturated rings. The van der Waals surface area contributed by atoms with Gasteiger partial charge in [0.2, 0.25) is 5.91 Å². The number of rotatable bonds is 8. The highest BCUT2D eigenvalue weighted by Gasteiger charge is 2.16. The SMILES string of the molecule is CN[C@@H](CC/C(O)=C/[SH](C)(C)=O)C(=O)NCc1ccccc1. The number of aliphatic hydroxyl groups is 1. The van der Waals surface area contributed by atoms with Crippen LogP contribution in [0.5, 0.6) is 0 Å². The predicted molar refractivity (Wildman–Crippen MR) is 92.5 cm³/mol. The van der Waals surface area contributed by atoms with Gasteiger partial charge in [-0.05, 0) is 31.5 Å². The third kappa shape index (κ3) is 7.38. The second kappa shape index (κ2) is 8.70. The number of amides is 1. The Morgan fingerprint density at radius 3 is 2.50 bits per heavy atom. The van der Waals surface area contributed by atoms with Gasteiger partial charge >= 0.3 is 0 Å². The van der Waals surface area contributed by atoms with Gasteiger partial charge in [-0.25, -0.2) is 0 Å². The highest BCUT2D eigenvalue weighted by atomic mass is 32.2. The third-order valence-electron chi connectivity index (χ3n) is 3.12. The molecule has 1 atom stereocenters. The van der Waals surface area contributed by atoms with Crippen molar-refractivity contribution in [2.24, 2.45) is 0 Å². The Bertz CT molecular complexity index is 552. The van der Waals surface area contributed by atoms with Crippen LogP contribution in [0.3, 0.4) is 0 Å². The quantitative estimate of drug-likeness (QED) is 0.429. The van der Waals surface area contributed by atoms with Crippen LogP contribution in [-0.4, -0.2) is 40.8 Å². The number of allylic oxidation sites excluding steroid dienone is 1. The largest absolute Gasteiger partial charge is 0.512 e. The van der Waals surface area contributed by atoms with E-state index in [1.165, 1.54) is 5.41 Å². The first kappa shape index (κ1) is 18.4. The van der Waals surface area contributed by atoms with Crippen LogP contribution in [0, 0.1) is 0 Å². The molecule has 0 bridgehead atoms. The second-order valence-corrected chi connectivity index (χ2v) is 8.76. The Labute approximate surface area is 133 Å². The Morgan fingerprint density at radius 2 is 1.95 bits per heavy atom. The van der Waals surface area contributed by atoms with Crippen molar-refractivity contribution in [3.8, 4) is 0 Å². The number of hydrogen-bond donors (Lipinski definition) is 4. The minimum atomic E-state index is -2.40. The van der Waals surface area contributed by atoms with Crippen LogP contribution in [0.4, 0.5) is 0 Å². The van der Waals surface area contributed by atoms with Crippen LogP contribution >= 0.6 is 0 Å². The van der Waals surface area contributed by atoms with E-state index < -0.39 is 16.0 Å². The lowest BCUT2D eigenvalue weighted by molar-refractivity contribution is -0.123. The van der Waals surface area contributed by atoms with Gasteiger partial charge in [-0.15, -0.1) is 0 Å². The van der Waals surface area contributed by atoms with Crippen molar-refractivity contribution in [1.82, 2.24) is 10.6 Å². The van der Waals surface area contributed by atoms with E-state index in [0.717, 1.165) is 5.56 Å². The summed E-state index contributed by atoms with van der Waals surface area (Å²) in [5.41, 5.74) is 1.03. The van der Waals surface area contributed by atoms with Crippen molar-refractivity contribution in [2.45, 2.75) is 25.4 Å². The van der Waals surface area contributed by atoms with Crippen molar-refractivity contribution >= 4 is 15.8 Å². The minimum Gasteiger partial charge on any atom is -0.512 e. The summed E-state index contributed by atoms with van der Waals surface area (Å²) in [4.78, 5) is 12.1. The van der Waals surface area contributed by atoms with E-state index >= 15 is 0 Å². The molecule has 0 radical (unpaired) electrons. The molecule has 0 aromatic heterocycles. The molecule has 0 spiro atoms. The molecule has 22 heavy (non-hydrogen) atoms. The van der Waals surface area contributed by atoms with E-state index in [1.54, 1.807) is 19.6 Å². The van der Waals surface area contributed by atoms with Gasteiger partial charge in [-0.3, -0.25) is 9.00 Å². The summed E-state index contributed by atoms with van der Waals surface area (Å²) < 4.78 is 11.6. The lowest BCUT2D eigenvalue weighted by Gasteiger charge is -2.16. The van der Waals surface area contributed by atoms with E-state index in [-0.39, 0.29) is 11.7 Å². The Hall–Kier alpha value is -1.66. The molecule has 0 aliphatic rings. The van der Waals surface area contributed by atoms with E-state index in [4.69, 9.17) is 0 Å². The molecule has 0 aliphatic carbocycles. The van der Waals surface area contributed by atoms with Crippen LogP contribution in [0.25, 0.3) is 0 Å². The van der Waals surface area contributed by atoms with Gasteiger partial charge < -0.3 is 15.7 Å². The molecule has 0 aliphatic heterocycles. The minimum absolute atomic E-state index is 0.0736. The number of carbonyl (C=O) groups is 1. The average molecular weight is 326 g/mol. The fourth-order valence-electron chi connectivity index (χ4n) is 2.03. The summed E-state index contributed by atoms with van der Waals surface area (Å²) in [6.45, 7) is 0.471. The van der Waals surface area contributed by atoms with E-state index in [1.807, 2.05) is 30.3 Å². The van der Waals surface area contributed by atoms with Gasteiger partial charge in [0.05, 0.1) is 11.8 Å². The van der Waals surface area contributed by atoms with E-state index in [2.05, 4.69) is 10.6 Å². The average Bonchev–Trinajstić information content (AvgIpc) is 2.45. The van der Waals surface area contributed by atoms with Crippen LogP contribution in [0.2, 0.25) is 0 Å². The Kier molecular flexibility index (Phi) is 7.27. The molecule has 1 amide bonds. The van der Waals surface area contributed by atoms with Gasteiger partial charge in [0.1, 0.15) is 0 Å². The molecule has 5 nitrogen and oxygen atoms in total. The maximum absolute atomic E-state index is 12.1. The number of hydrogen-bond acceptors (Lipinski definition) is 4. The van der Waals surface area contributed by atoms with Crippen molar-refractivity contribution < 1.29 is 14.1 Å². The number of carbonyl (C=O) groups excluding carboxylic acids is 1. The third-order valence-corrected chi connectivity index (χ3v) is 4.04. The Morgan fingerprint density at radius 1 is 1.32 bits per heavy atom. The van der Waals surface area contributed by atoms with E-state index in [9.17, 15) is 14.1 Å². The summed E-state index contributed by atoms with van der Waals surface area (Å²) in [5.74, 6) is -0.0419. The maximum Gasteiger partial charge on any atom is 0.237 e. The Balaban J connectivity index is 2.48. The number of thiol groups is 1. The number of nitrogens with one attached hydrogen (secondary N) is 2. The smallest absolute Gasteiger partial charge is 0.237 e. The first-order chi connectivity index (χ1) is 10.3. The van der Waals surface area contributed by atoms with Crippen molar-refractivity contribution in [2.75, 3.05) is 19.6 Å². The maximum atomic E-state index is 12.1. The number of likely N-dealkylation sites (N-methyl/N-ethyl adjacent to an activating group) is 1. The van der Waals surface area contributed by atoms with Crippen molar-refractivity contribution in [1.29, 1.82) is 0 Å². The normalized spacial score (nSPS) is 14.4. The fourth-order valence-corrected chi connectivity index (χ4v) is 2.88. The summed E-state index contributed by atoms with van der Waals surface area (Å²) >= 11 is 0. The molecule has 0 saturated carbocycles. The summed E-state index contributed by atoms with van der Waals surface area (Å²) in [7, 11) is -0.693. The van der Waals surface area contributed by atoms with Crippen molar-refractivity contribution in [3.05, 3.63) is 47.1 Å². The highest BCUT2D eigenvalue weighted by Crippen LogP contribution is 2.09. The molecule has 0 saturated heterocycles. The van der Waals surface area contributed by atoms with Crippen LogP contribution in [0.15, 0.2) is 41.5 Å². The summed E-state index contributed by atoms with van der Waals surface area (Å²) in [5, 5.41) is 16.9. The predicted octanol–water partition coefficient (Wildman–Crippen LogP) is 1.35. The molecular weight excluding hydrogens is 300 g/mol. The molecule has 3 N–H and O–H groups in total. The van der Waals surface area contributed by atoms with Crippen LogP contribution in [-0.2, 0) is 21.3 Å². The lowest BCUT2D eigenvalue weighted by atomic mass is 10.1. The van der Waals surface area contributed by atoms with Crippen molar-refractivity contribution in [3.63, 3.8) is 0 Å². The van der Waals surface area contributed by atoms with Gasteiger partial charge in [0.25, 0.3) is 0 Å². The zero-order valence-electron chi connectivity index (χ0n) is 13.4. The molecule has 124 valence electrons. The lowest BCUT2D eigenvalue weighted by Crippen LogP contribution is -2.42. The molecule has 1 rings (SSSR count). The standard InChI is InChI=1S/C16H26N2O3S/c1-17-15(10-9-14(19)12-22(2,3)21)16(20)18-11-13-7-5-4-6-8-13/h4-8,12,15,17,19,22H,9-11H2,1-3H3,(H,18,20)/b14-12-/t15-/m0/s1. The molecule has 6 heteroatoms. The first-order valence-corrected chi connectivity index (χ1v) is 9.93. The molecule has 1 aromatic carbocycles. The topological polar surface area (TPSA) is 78.4 Å². The monoisotopic (exact) mass is 326 g/mol. The zero-order valence-corrected chi connectivity index (χ0v) is 14.3. The molecule has 0 unspecified atom stereocenters. The van der Waals surface area contributed by atoms with Gasteiger partial charge in [0.15, 0.2) is 0 Å². The second-order valence-electron chi connectivity index (χ2n) is 5.64. The molecule has 1 aromatic rings.